The molecule has 100 valence electrons. The van der Waals surface area contributed by atoms with E-state index in [-0.39, 0.29) is 0 Å². The molecule has 20 heavy (non-hydrogen) atoms. The summed E-state index contributed by atoms with van der Waals surface area (Å²) in [6.07, 6.45) is 1.10. The third-order valence-corrected chi connectivity index (χ3v) is 4.02. The molecule has 1 aliphatic rings. The Hall–Kier alpha value is -1.98. The van der Waals surface area contributed by atoms with Gasteiger partial charge in [-0.1, -0.05) is 36.7 Å². The van der Waals surface area contributed by atoms with Gasteiger partial charge in [0.25, 0.3) is 0 Å². The molecule has 0 radical (unpaired) electrons. The Labute approximate surface area is 124 Å². The summed E-state index contributed by atoms with van der Waals surface area (Å²) in [5.41, 5.74) is 4.14. The number of hydrogen-bond acceptors (Lipinski definition) is 2. The zero-order chi connectivity index (χ0) is 14.1. The average molecular weight is 283 g/mol. The molecule has 1 aliphatic heterocycles. The van der Waals surface area contributed by atoms with Crippen LogP contribution in [0.1, 0.15) is 18.1 Å². The normalized spacial score (nSPS) is 17.4. The van der Waals surface area contributed by atoms with Crippen LogP contribution in [0.15, 0.2) is 42.5 Å². The van der Waals surface area contributed by atoms with Crippen LogP contribution in [0.4, 0.5) is 11.4 Å². The summed E-state index contributed by atoms with van der Waals surface area (Å²) in [5, 5.41) is 9.57. The van der Waals surface area contributed by atoms with Gasteiger partial charge in [-0.2, -0.15) is 5.26 Å². The lowest BCUT2D eigenvalue weighted by Crippen LogP contribution is -2.30. The highest BCUT2D eigenvalue weighted by Crippen LogP contribution is 2.38. The van der Waals surface area contributed by atoms with Gasteiger partial charge in [0.05, 0.1) is 22.3 Å². The van der Waals surface area contributed by atoms with Gasteiger partial charge in [0, 0.05) is 12.2 Å². The molecule has 1 heterocycles. The van der Waals surface area contributed by atoms with Crippen molar-refractivity contribution >= 4 is 23.0 Å². The fourth-order valence-corrected chi connectivity index (χ4v) is 3.10. The predicted octanol–water partition coefficient (Wildman–Crippen LogP) is 4.54. The molecular formula is C17H15ClN2. The number of nitrogens with zero attached hydrogens (tertiary/aromatic N) is 2. The summed E-state index contributed by atoms with van der Waals surface area (Å²) >= 11 is 6.36. The molecule has 1 atom stereocenters. The number of benzene rings is 2. The van der Waals surface area contributed by atoms with Crippen molar-refractivity contribution in [1.29, 1.82) is 5.26 Å². The van der Waals surface area contributed by atoms with Crippen molar-refractivity contribution in [1.82, 2.24) is 0 Å². The van der Waals surface area contributed by atoms with Crippen LogP contribution in [-0.4, -0.2) is 6.54 Å². The van der Waals surface area contributed by atoms with Crippen LogP contribution in [-0.2, 0) is 6.42 Å². The second-order valence-corrected chi connectivity index (χ2v) is 5.73. The van der Waals surface area contributed by atoms with Gasteiger partial charge in [0.15, 0.2) is 0 Å². The molecule has 3 rings (SSSR count). The van der Waals surface area contributed by atoms with E-state index >= 15 is 0 Å². The molecule has 0 amide bonds. The van der Waals surface area contributed by atoms with Gasteiger partial charge in [-0.25, -0.2) is 0 Å². The predicted molar refractivity (Wildman–Crippen MR) is 82.5 cm³/mol. The Balaban J connectivity index is 2.09. The lowest BCUT2D eigenvalue weighted by atomic mass is 9.93. The minimum absolute atomic E-state index is 0.580. The van der Waals surface area contributed by atoms with Crippen LogP contribution in [0, 0.1) is 17.2 Å². The number of rotatable bonds is 1. The van der Waals surface area contributed by atoms with Gasteiger partial charge >= 0.3 is 0 Å². The minimum atomic E-state index is 0.580. The molecule has 2 aromatic carbocycles. The van der Waals surface area contributed by atoms with E-state index < -0.39 is 0 Å². The molecule has 0 aromatic heterocycles. The SMILES string of the molecule is CC1Cc2ccccc2N(c2ccc(C#N)cc2Cl)C1. The number of halogens is 1. The Morgan fingerprint density at radius 1 is 1.20 bits per heavy atom. The first kappa shape index (κ1) is 13.0. The van der Waals surface area contributed by atoms with Crippen LogP contribution in [0.3, 0.4) is 0 Å². The first-order valence-corrected chi connectivity index (χ1v) is 7.12. The van der Waals surface area contributed by atoms with E-state index in [1.54, 1.807) is 6.07 Å². The van der Waals surface area contributed by atoms with Crippen molar-refractivity contribution in [2.75, 3.05) is 11.4 Å². The topological polar surface area (TPSA) is 27.0 Å². The third kappa shape index (κ3) is 2.26. The molecule has 0 saturated carbocycles. The molecule has 2 aromatic rings. The van der Waals surface area contributed by atoms with Gasteiger partial charge in [-0.15, -0.1) is 0 Å². The first-order chi connectivity index (χ1) is 9.69. The van der Waals surface area contributed by atoms with Crippen molar-refractivity contribution in [3.05, 3.63) is 58.6 Å². The van der Waals surface area contributed by atoms with E-state index in [9.17, 15) is 0 Å². The summed E-state index contributed by atoms with van der Waals surface area (Å²) in [5.74, 6) is 0.580. The van der Waals surface area contributed by atoms with Crippen molar-refractivity contribution in [2.24, 2.45) is 5.92 Å². The highest BCUT2D eigenvalue weighted by molar-refractivity contribution is 6.33. The Kier molecular flexibility index (Phi) is 3.38. The van der Waals surface area contributed by atoms with Gasteiger partial charge in [0.2, 0.25) is 0 Å². The molecule has 1 unspecified atom stereocenters. The molecule has 0 aliphatic carbocycles. The summed E-state index contributed by atoms with van der Waals surface area (Å²) < 4.78 is 0. The Morgan fingerprint density at radius 3 is 2.75 bits per heavy atom. The van der Waals surface area contributed by atoms with Crippen LogP contribution >= 0.6 is 11.6 Å². The van der Waals surface area contributed by atoms with Crippen LogP contribution in [0.5, 0.6) is 0 Å². The second-order valence-electron chi connectivity index (χ2n) is 5.33. The van der Waals surface area contributed by atoms with E-state index in [0.29, 0.717) is 16.5 Å². The van der Waals surface area contributed by atoms with E-state index in [4.69, 9.17) is 16.9 Å². The maximum Gasteiger partial charge on any atom is 0.0992 e. The van der Waals surface area contributed by atoms with Gasteiger partial charge in [-0.05, 0) is 42.2 Å². The maximum absolute atomic E-state index is 8.94. The van der Waals surface area contributed by atoms with Crippen LogP contribution in [0.25, 0.3) is 0 Å². The van der Waals surface area contributed by atoms with Crippen molar-refractivity contribution in [3.8, 4) is 6.07 Å². The first-order valence-electron chi connectivity index (χ1n) is 6.74. The van der Waals surface area contributed by atoms with E-state index in [2.05, 4.69) is 42.2 Å². The molecule has 0 saturated heterocycles. The largest absolute Gasteiger partial charge is 0.340 e. The zero-order valence-corrected chi connectivity index (χ0v) is 12.1. The Morgan fingerprint density at radius 2 is 2.00 bits per heavy atom. The summed E-state index contributed by atoms with van der Waals surface area (Å²) in [4.78, 5) is 2.26. The highest BCUT2D eigenvalue weighted by atomic mass is 35.5. The van der Waals surface area contributed by atoms with Gasteiger partial charge in [-0.3, -0.25) is 0 Å². The number of nitriles is 1. The lowest BCUT2D eigenvalue weighted by molar-refractivity contribution is 0.562. The van der Waals surface area contributed by atoms with Gasteiger partial charge < -0.3 is 4.90 Å². The number of para-hydroxylation sites is 1. The fourth-order valence-electron chi connectivity index (χ4n) is 2.82. The van der Waals surface area contributed by atoms with Crippen molar-refractivity contribution in [2.45, 2.75) is 13.3 Å². The molecule has 2 nitrogen and oxygen atoms in total. The van der Waals surface area contributed by atoms with E-state index in [1.165, 1.54) is 11.3 Å². The quantitative estimate of drug-likeness (QED) is 0.768. The number of hydrogen-bond donors (Lipinski definition) is 0. The molecule has 0 fully saturated rings. The van der Waals surface area contributed by atoms with E-state index in [0.717, 1.165) is 18.7 Å². The minimum Gasteiger partial charge on any atom is -0.340 e. The van der Waals surface area contributed by atoms with Crippen molar-refractivity contribution < 1.29 is 0 Å². The summed E-state index contributed by atoms with van der Waals surface area (Å²) in [7, 11) is 0. The average Bonchev–Trinajstić information content (AvgIpc) is 2.46. The molecule has 3 heteroatoms. The highest BCUT2D eigenvalue weighted by Gasteiger charge is 2.23. The molecule has 0 bridgehead atoms. The second kappa shape index (κ2) is 5.19. The van der Waals surface area contributed by atoms with E-state index in [1.807, 2.05) is 12.1 Å². The molecular weight excluding hydrogens is 268 g/mol. The lowest BCUT2D eigenvalue weighted by Gasteiger charge is -2.35. The van der Waals surface area contributed by atoms with Crippen molar-refractivity contribution in [3.63, 3.8) is 0 Å². The zero-order valence-electron chi connectivity index (χ0n) is 11.3. The smallest absolute Gasteiger partial charge is 0.0992 e. The van der Waals surface area contributed by atoms with Gasteiger partial charge in [0.1, 0.15) is 0 Å². The number of anilines is 2. The summed E-state index contributed by atoms with van der Waals surface area (Å²) in [6.45, 7) is 3.20. The monoisotopic (exact) mass is 282 g/mol. The number of fused-ring (bicyclic) bond motifs is 1. The van der Waals surface area contributed by atoms with Crippen LogP contribution < -0.4 is 4.90 Å². The molecule has 0 spiro atoms. The van der Waals surface area contributed by atoms with Crippen LogP contribution in [0.2, 0.25) is 5.02 Å². The maximum atomic E-state index is 8.94. The summed E-state index contributed by atoms with van der Waals surface area (Å²) in [6, 6.07) is 16.1. The third-order valence-electron chi connectivity index (χ3n) is 3.71. The standard InChI is InChI=1S/C17H15ClN2/c1-12-8-14-4-2-3-5-16(14)20(11-12)17-7-6-13(10-19)9-15(17)18/h2-7,9,12H,8,11H2,1H3. The molecule has 0 N–H and O–H groups in total. The Bertz CT molecular complexity index is 688. The fraction of sp³-hybridized carbons (Fsp3) is 0.235.